The third kappa shape index (κ3) is 7.38. The molecule has 0 aromatic heterocycles. The van der Waals surface area contributed by atoms with Crippen LogP contribution in [0.4, 0.5) is 5.69 Å². The number of aryl methyl sites for hydroxylation is 1. The van der Waals surface area contributed by atoms with Crippen LogP contribution in [0, 0.1) is 0 Å². The summed E-state index contributed by atoms with van der Waals surface area (Å²) in [6.07, 6.45) is 4.83. The van der Waals surface area contributed by atoms with Crippen LogP contribution >= 0.6 is 24.8 Å². The number of nitrogens with zero attached hydrogens (tertiary/aromatic N) is 1. The van der Waals surface area contributed by atoms with Gasteiger partial charge in [0.1, 0.15) is 5.75 Å². The molecule has 0 spiro atoms. The molecule has 1 fully saturated rings. The Kier molecular flexibility index (Phi) is 11.6. The summed E-state index contributed by atoms with van der Waals surface area (Å²) in [5.74, 6) is 0.921. The normalized spacial score (nSPS) is 14.7. The predicted molar refractivity (Wildman–Crippen MR) is 128 cm³/mol. The fourth-order valence-corrected chi connectivity index (χ4v) is 3.82. The quantitative estimate of drug-likeness (QED) is 0.581. The number of halogens is 2. The zero-order valence-corrected chi connectivity index (χ0v) is 19.1. The molecule has 1 saturated heterocycles. The number of amides is 1. The van der Waals surface area contributed by atoms with Gasteiger partial charge in [0.05, 0.1) is 13.2 Å². The standard InChI is InChI=1S/C23H31N3O2.2ClH/c1-28-20-12-9-19(10-13-20)22(26-15-5-2-6-16-26)17-25-23(27)14-11-18-7-3-4-8-21(18)24;;/h3-4,7-10,12-13,22H,2,5-6,11,14-17,24H2,1H3,(H,25,27);2*1H. The number of nitrogen functional groups attached to an aromatic ring is 1. The molecule has 1 amide bonds. The highest BCUT2D eigenvalue weighted by atomic mass is 35.5. The van der Waals surface area contributed by atoms with Gasteiger partial charge < -0.3 is 15.8 Å². The Morgan fingerprint density at radius 2 is 1.73 bits per heavy atom. The zero-order valence-electron chi connectivity index (χ0n) is 17.5. The number of methoxy groups -OCH3 is 1. The fraction of sp³-hybridized carbons (Fsp3) is 0.435. The van der Waals surface area contributed by atoms with Gasteiger partial charge in [0.25, 0.3) is 0 Å². The molecule has 7 heteroatoms. The topological polar surface area (TPSA) is 67.6 Å². The summed E-state index contributed by atoms with van der Waals surface area (Å²) in [7, 11) is 1.68. The van der Waals surface area contributed by atoms with Crippen molar-refractivity contribution in [3.63, 3.8) is 0 Å². The molecular formula is C23H33Cl2N3O2. The second-order valence-corrected chi connectivity index (χ2v) is 7.39. The lowest BCUT2D eigenvalue weighted by atomic mass is 10.0. The lowest BCUT2D eigenvalue weighted by Crippen LogP contribution is -2.40. The first kappa shape index (κ1) is 26.1. The van der Waals surface area contributed by atoms with Crippen molar-refractivity contribution < 1.29 is 9.53 Å². The Morgan fingerprint density at radius 3 is 2.37 bits per heavy atom. The first-order valence-electron chi connectivity index (χ1n) is 10.2. The van der Waals surface area contributed by atoms with Crippen molar-refractivity contribution in [1.82, 2.24) is 10.2 Å². The molecule has 1 aliphatic rings. The molecule has 0 radical (unpaired) electrons. The van der Waals surface area contributed by atoms with Crippen molar-refractivity contribution in [2.45, 2.75) is 38.1 Å². The van der Waals surface area contributed by atoms with Gasteiger partial charge in [-0.15, -0.1) is 24.8 Å². The van der Waals surface area contributed by atoms with Crippen LogP contribution in [0.1, 0.15) is 42.9 Å². The molecule has 30 heavy (non-hydrogen) atoms. The van der Waals surface area contributed by atoms with Crippen molar-refractivity contribution in [2.24, 2.45) is 0 Å². The van der Waals surface area contributed by atoms with E-state index in [-0.39, 0.29) is 36.8 Å². The second-order valence-electron chi connectivity index (χ2n) is 7.39. The van der Waals surface area contributed by atoms with E-state index < -0.39 is 0 Å². The van der Waals surface area contributed by atoms with E-state index >= 15 is 0 Å². The Balaban J connectivity index is 0.00000225. The highest BCUT2D eigenvalue weighted by Crippen LogP contribution is 2.26. The van der Waals surface area contributed by atoms with Crippen molar-refractivity contribution in [3.05, 3.63) is 59.7 Å². The first-order valence-corrected chi connectivity index (χ1v) is 10.2. The van der Waals surface area contributed by atoms with E-state index in [0.717, 1.165) is 30.1 Å². The van der Waals surface area contributed by atoms with E-state index in [0.29, 0.717) is 19.4 Å². The van der Waals surface area contributed by atoms with Crippen LogP contribution in [0.5, 0.6) is 5.75 Å². The summed E-state index contributed by atoms with van der Waals surface area (Å²) in [6, 6.07) is 16.1. The van der Waals surface area contributed by atoms with Gasteiger partial charge in [-0.3, -0.25) is 9.69 Å². The number of carbonyl (C=O) groups excluding carboxylic acids is 1. The van der Waals surface area contributed by atoms with Crippen molar-refractivity contribution in [2.75, 3.05) is 32.5 Å². The molecule has 1 aliphatic heterocycles. The number of rotatable bonds is 8. The lowest BCUT2D eigenvalue weighted by Gasteiger charge is -2.35. The molecule has 0 bridgehead atoms. The summed E-state index contributed by atoms with van der Waals surface area (Å²) in [4.78, 5) is 14.9. The Labute approximate surface area is 192 Å². The predicted octanol–water partition coefficient (Wildman–Crippen LogP) is 4.40. The van der Waals surface area contributed by atoms with Crippen molar-refractivity contribution >= 4 is 36.4 Å². The van der Waals surface area contributed by atoms with Gasteiger partial charge in [0.15, 0.2) is 0 Å². The SMILES string of the molecule is COc1ccc(C(CNC(=O)CCc2ccccc2N)N2CCCCC2)cc1.Cl.Cl. The van der Waals surface area contributed by atoms with Gasteiger partial charge >= 0.3 is 0 Å². The van der Waals surface area contributed by atoms with Gasteiger partial charge in [-0.2, -0.15) is 0 Å². The van der Waals surface area contributed by atoms with Crippen LogP contribution in [-0.2, 0) is 11.2 Å². The average molecular weight is 454 g/mol. The molecule has 1 atom stereocenters. The third-order valence-corrected chi connectivity index (χ3v) is 5.50. The molecule has 1 heterocycles. The number of anilines is 1. The van der Waals surface area contributed by atoms with E-state index in [1.807, 2.05) is 36.4 Å². The monoisotopic (exact) mass is 453 g/mol. The van der Waals surface area contributed by atoms with Crippen LogP contribution in [0.3, 0.4) is 0 Å². The summed E-state index contributed by atoms with van der Waals surface area (Å²) in [5.41, 5.74) is 8.97. The van der Waals surface area contributed by atoms with E-state index in [2.05, 4.69) is 22.3 Å². The van der Waals surface area contributed by atoms with Gasteiger partial charge in [-0.1, -0.05) is 36.8 Å². The van der Waals surface area contributed by atoms with Crippen LogP contribution in [-0.4, -0.2) is 37.6 Å². The van der Waals surface area contributed by atoms with Crippen LogP contribution in [0.2, 0.25) is 0 Å². The summed E-state index contributed by atoms with van der Waals surface area (Å²) < 4.78 is 5.28. The number of carbonyl (C=O) groups is 1. The van der Waals surface area contributed by atoms with Gasteiger partial charge in [0.2, 0.25) is 5.91 Å². The minimum absolute atomic E-state index is 0. The number of para-hydroxylation sites is 1. The van der Waals surface area contributed by atoms with Crippen LogP contribution in [0.15, 0.2) is 48.5 Å². The molecule has 0 aliphatic carbocycles. The first-order chi connectivity index (χ1) is 13.7. The maximum absolute atomic E-state index is 12.5. The number of ether oxygens (including phenoxy) is 1. The number of nitrogens with two attached hydrogens (primary N) is 1. The molecule has 3 N–H and O–H groups in total. The summed E-state index contributed by atoms with van der Waals surface area (Å²) >= 11 is 0. The Morgan fingerprint density at radius 1 is 1.07 bits per heavy atom. The Bertz CT molecular complexity index is 765. The largest absolute Gasteiger partial charge is 0.497 e. The molecule has 166 valence electrons. The number of piperidine rings is 1. The lowest BCUT2D eigenvalue weighted by molar-refractivity contribution is -0.121. The number of likely N-dealkylation sites (tertiary alicyclic amines) is 1. The molecule has 5 nitrogen and oxygen atoms in total. The molecular weight excluding hydrogens is 421 g/mol. The highest BCUT2D eigenvalue weighted by molar-refractivity contribution is 5.85. The molecule has 3 rings (SSSR count). The minimum Gasteiger partial charge on any atom is -0.497 e. The van der Waals surface area contributed by atoms with Gasteiger partial charge in [-0.25, -0.2) is 0 Å². The summed E-state index contributed by atoms with van der Waals surface area (Å²) in [6.45, 7) is 2.77. The number of nitrogens with one attached hydrogen (secondary N) is 1. The van der Waals surface area contributed by atoms with E-state index in [9.17, 15) is 4.79 Å². The molecule has 2 aromatic carbocycles. The van der Waals surface area contributed by atoms with Crippen LogP contribution in [0.25, 0.3) is 0 Å². The van der Waals surface area contributed by atoms with E-state index in [1.165, 1.54) is 24.8 Å². The molecule has 1 unspecified atom stereocenters. The Hall–Kier alpha value is -1.95. The zero-order chi connectivity index (χ0) is 19.8. The molecule has 0 saturated carbocycles. The van der Waals surface area contributed by atoms with Crippen molar-refractivity contribution in [1.29, 1.82) is 0 Å². The van der Waals surface area contributed by atoms with Crippen molar-refractivity contribution in [3.8, 4) is 5.75 Å². The smallest absolute Gasteiger partial charge is 0.220 e. The maximum Gasteiger partial charge on any atom is 0.220 e. The van der Waals surface area contributed by atoms with Crippen LogP contribution < -0.4 is 15.8 Å². The molecule has 2 aromatic rings. The maximum atomic E-state index is 12.5. The van der Waals surface area contributed by atoms with Gasteiger partial charge in [-0.05, 0) is 61.7 Å². The highest BCUT2D eigenvalue weighted by Gasteiger charge is 2.23. The summed E-state index contributed by atoms with van der Waals surface area (Å²) in [5, 5.41) is 3.14. The average Bonchev–Trinajstić information content (AvgIpc) is 2.74. The number of benzene rings is 2. The minimum atomic E-state index is 0. The van der Waals surface area contributed by atoms with E-state index in [4.69, 9.17) is 10.5 Å². The fourth-order valence-electron chi connectivity index (χ4n) is 3.82. The third-order valence-electron chi connectivity index (χ3n) is 5.50. The number of hydrogen-bond acceptors (Lipinski definition) is 4. The second kappa shape index (κ2) is 13.4. The van der Waals surface area contributed by atoms with E-state index in [1.54, 1.807) is 7.11 Å². The van der Waals surface area contributed by atoms with Gasteiger partial charge in [0, 0.05) is 18.7 Å². The number of hydrogen-bond donors (Lipinski definition) is 2.